The minimum atomic E-state index is -0.165. The molecule has 1 aliphatic carbocycles. The van der Waals surface area contributed by atoms with Crippen LogP contribution in [0.25, 0.3) is 0 Å². The van der Waals surface area contributed by atoms with Crippen molar-refractivity contribution in [2.75, 3.05) is 0 Å². The number of aromatic amines is 1. The van der Waals surface area contributed by atoms with Gasteiger partial charge in [0.15, 0.2) is 5.69 Å². The zero-order valence-corrected chi connectivity index (χ0v) is 15.2. The lowest BCUT2D eigenvalue weighted by atomic mass is 9.96. The Bertz CT molecular complexity index is 797. The molecule has 0 spiro atoms. The van der Waals surface area contributed by atoms with Crippen molar-refractivity contribution in [2.45, 2.75) is 64.4 Å². The molecule has 2 heterocycles. The van der Waals surface area contributed by atoms with Crippen LogP contribution < -0.4 is 10.1 Å². The highest BCUT2D eigenvalue weighted by Crippen LogP contribution is 2.30. The number of para-hydroxylation sites is 1. The highest BCUT2D eigenvalue weighted by molar-refractivity contribution is 5.94. The van der Waals surface area contributed by atoms with Gasteiger partial charge in [0.1, 0.15) is 5.75 Å². The fourth-order valence-electron chi connectivity index (χ4n) is 3.55. The van der Waals surface area contributed by atoms with E-state index in [2.05, 4.69) is 15.5 Å². The zero-order valence-electron chi connectivity index (χ0n) is 15.2. The second kappa shape index (κ2) is 7.11. The Morgan fingerprint density at radius 3 is 2.92 bits per heavy atom. The highest BCUT2D eigenvalue weighted by Gasteiger charge is 2.29. The summed E-state index contributed by atoms with van der Waals surface area (Å²) in [6.45, 7) is 4.41. The maximum absolute atomic E-state index is 12.7. The van der Waals surface area contributed by atoms with E-state index >= 15 is 0 Å². The van der Waals surface area contributed by atoms with Gasteiger partial charge < -0.3 is 14.8 Å². The molecule has 2 aliphatic rings. The van der Waals surface area contributed by atoms with Gasteiger partial charge in [0.25, 0.3) is 5.91 Å². The zero-order chi connectivity index (χ0) is 18.1. The number of carbonyl (C=O) groups is 1. The summed E-state index contributed by atoms with van der Waals surface area (Å²) >= 11 is 0. The molecule has 138 valence electrons. The van der Waals surface area contributed by atoms with Crippen LogP contribution in [0, 0.1) is 0 Å². The van der Waals surface area contributed by atoms with E-state index in [0.717, 1.165) is 35.4 Å². The van der Waals surface area contributed by atoms with E-state index in [1.165, 1.54) is 6.42 Å². The molecule has 1 aliphatic heterocycles. The third-order valence-corrected chi connectivity index (χ3v) is 5.21. The lowest BCUT2D eigenvalue weighted by Crippen LogP contribution is -2.28. The third kappa shape index (κ3) is 3.33. The van der Waals surface area contributed by atoms with Crippen molar-refractivity contribution in [3.05, 3.63) is 46.8 Å². The van der Waals surface area contributed by atoms with E-state index in [9.17, 15) is 4.79 Å². The number of amides is 1. The van der Waals surface area contributed by atoms with Crippen LogP contribution >= 0.6 is 0 Å². The maximum Gasteiger partial charge on any atom is 0.272 e. The summed E-state index contributed by atoms with van der Waals surface area (Å²) in [6.07, 6.45) is 4.47. The normalized spacial score (nSPS) is 22.4. The number of nitrogens with one attached hydrogen (secondary N) is 2. The summed E-state index contributed by atoms with van der Waals surface area (Å²) in [5.74, 6) is 0.694. The van der Waals surface area contributed by atoms with Crippen molar-refractivity contribution in [2.24, 2.45) is 0 Å². The molecule has 6 nitrogen and oxygen atoms in total. The lowest BCUT2D eigenvalue weighted by Gasteiger charge is -2.27. The monoisotopic (exact) mass is 355 g/mol. The quantitative estimate of drug-likeness (QED) is 0.863. The molecule has 1 aromatic heterocycles. The van der Waals surface area contributed by atoms with Crippen molar-refractivity contribution in [3.63, 3.8) is 0 Å². The van der Waals surface area contributed by atoms with Gasteiger partial charge in [-0.25, -0.2) is 0 Å². The number of fused-ring (bicyclic) bond motifs is 1. The van der Waals surface area contributed by atoms with Gasteiger partial charge in [-0.1, -0.05) is 18.2 Å². The third-order valence-electron chi connectivity index (χ3n) is 5.21. The van der Waals surface area contributed by atoms with E-state index in [-0.39, 0.29) is 18.1 Å². The minimum absolute atomic E-state index is 0.0700. The number of rotatable bonds is 5. The van der Waals surface area contributed by atoms with Crippen LogP contribution in [0.5, 0.6) is 5.75 Å². The Kier molecular flexibility index (Phi) is 4.68. The molecule has 6 heteroatoms. The summed E-state index contributed by atoms with van der Waals surface area (Å²) < 4.78 is 11.8. The first-order valence-corrected chi connectivity index (χ1v) is 9.37. The minimum Gasteiger partial charge on any atom is -0.490 e. The first-order valence-electron chi connectivity index (χ1n) is 9.37. The molecule has 1 aromatic carbocycles. The van der Waals surface area contributed by atoms with Gasteiger partial charge in [0, 0.05) is 24.1 Å². The molecule has 26 heavy (non-hydrogen) atoms. The van der Waals surface area contributed by atoms with E-state index in [1.807, 2.05) is 38.1 Å². The fraction of sp³-hybridized carbons (Fsp3) is 0.500. The molecule has 2 N–H and O–H groups in total. The second-order valence-corrected chi connectivity index (χ2v) is 7.22. The van der Waals surface area contributed by atoms with Gasteiger partial charge >= 0.3 is 0 Å². The Balaban J connectivity index is 1.45. The molecular formula is C20H25N3O3. The molecule has 0 bridgehead atoms. The van der Waals surface area contributed by atoms with Crippen molar-refractivity contribution in [1.82, 2.24) is 15.5 Å². The van der Waals surface area contributed by atoms with E-state index in [1.54, 1.807) is 0 Å². The molecule has 2 aromatic rings. The van der Waals surface area contributed by atoms with Crippen molar-refractivity contribution in [1.29, 1.82) is 0 Å². The fourth-order valence-corrected chi connectivity index (χ4v) is 3.55. The smallest absolute Gasteiger partial charge is 0.272 e. The Hall–Kier alpha value is -2.34. The van der Waals surface area contributed by atoms with Gasteiger partial charge in [-0.15, -0.1) is 0 Å². The molecule has 1 fully saturated rings. The predicted molar refractivity (Wildman–Crippen MR) is 97.1 cm³/mol. The van der Waals surface area contributed by atoms with E-state index < -0.39 is 0 Å². The number of hydrogen-bond donors (Lipinski definition) is 2. The van der Waals surface area contributed by atoms with E-state index in [4.69, 9.17) is 9.47 Å². The topological polar surface area (TPSA) is 76.2 Å². The van der Waals surface area contributed by atoms with E-state index in [0.29, 0.717) is 24.8 Å². The summed E-state index contributed by atoms with van der Waals surface area (Å²) in [5, 5.41) is 10.2. The van der Waals surface area contributed by atoms with Crippen LogP contribution in [0.4, 0.5) is 0 Å². The summed E-state index contributed by atoms with van der Waals surface area (Å²) in [5.41, 5.74) is 3.33. The molecule has 2 atom stereocenters. The van der Waals surface area contributed by atoms with Crippen LogP contribution in [0.15, 0.2) is 24.3 Å². The van der Waals surface area contributed by atoms with Crippen LogP contribution in [0.1, 0.15) is 66.5 Å². The Labute approximate surface area is 153 Å². The van der Waals surface area contributed by atoms with Gasteiger partial charge in [-0.3, -0.25) is 9.89 Å². The predicted octanol–water partition coefficient (Wildman–Crippen LogP) is 3.29. The molecule has 1 saturated carbocycles. The summed E-state index contributed by atoms with van der Waals surface area (Å²) in [4.78, 5) is 12.7. The van der Waals surface area contributed by atoms with Gasteiger partial charge in [-0.2, -0.15) is 5.10 Å². The molecule has 0 radical (unpaired) electrons. The van der Waals surface area contributed by atoms with Crippen LogP contribution in [0.3, 0.4) is 0 Å². The average Bonchev–Trinajstić information content (AvgIpc) is 3.01. The number of nitrogens with zero attached hydrogens (tertiary/aromatic N) is 1. The van der Waals surface area contributed by atoms with Crippen LogP contribution in [-0.4, -0.2) is 28.3 Å². The van der Waals surface area contributed by atoms with Gasteiger partial charge in [0.05, 0.1) is 24.0 Å². The van der Waals surface area contributed by atoms with Crippen molar-refractivity contribution >= 4 is 5.91 Å². The largest absolute Gasteiger partial charge is 0.490 e. The van der Waals surface area contributed by atoms with Crippen molar-refractivity contribution < 1.29 is 14.3 Å². The molecule has 0 unspecified atom stereocenters. The number of carbonyl (C=O) groups excluding carboxylic acids is 1. The Morgan fingerprint density at radius 2 is 2.15 bits per heavy atom. The standard InChI is InChI=1S/C20H25N3O3/c1-12-10-16-18(13(2)25-12)22-23-19(16)20(24)21-11-14-6-3-4-9-17(14)26-15-7-5-8-15/h3-4,6,9,12-13,15H,5,7-8,10-11H2,1-2H3,(H,21,24)(H,22,23)/t12-,13+/m1/s1. The number of aromatic nitrogens is 2. The number of hydrogen-bond acceptors (Lipinski definition) is 4. The molecule has 1 amide bonds. The molecule has 4 rings (SSSR count). The maximum atomic E-state index is 12.7. The first kappa shape index (κ1) is 17.1. The lowest BCUT2D eigenvalue weighted by molar-refractivity contribution is -0.00697. The van der Waals surface area contributed by atoms with Crippen molar-refractivity contribution in [3.8, 4) is 5.75 Å². The second-order valence-electron chi connectivity index (χ2n) is 7.22. The Morgan fingerprint density at radius 1 is 1.35 bits per heavy atom. The van der Waals surface area contributed by atoms with Crippen LogP contribution in [0.2, 0.25) is 0 Å². The number of benzene rings is 1. The summed E-state index contributed by atoms with van der Waals surface area (Å²) in [7, 11) is 0. The molecule has 0 saturated heterocycles. The van der Waals surface area contributed by atoms with Crippen LogP contribution in [-0.2, 0) is 17.7 Å². The highest BCUT2D eigenvalue weighted by atomic mass is 16.5. The number of ether oxygens (including phenoxy) is 2. The SMILES string of the molecule is C[C@@H]1Cc2c(C(=O)NCc3ccccc3OC3CCC3)n[nH]c2[C@H](C)O1. The first-order chi connectivity index (χ1) is 12.6. The average molecular weight is 355 g/mol. The van der Waals surface area contributed by atoms with Gasteiger partial charge in [-0.05, 0) is 39.2 Å². The van der Waals surface area contributed by atoms with Gasteiger partial charge in [0.2, 0.25) is 0 Å². The molecular weight excluding hydrogens is 330 g/mol. The summed E-state index contributed by atoms with van der Waals surface area (Å²) in [6, 6.07) is 7.89. The number of H-pyrrole nitrogens is 1.